The summed E-state index contributed by atoms with van der Waals surface area (Å²) < 4.78 is 15.9. The van der Waals surface area contributed by atoms with Crippen LogP contribution in [-0.2, 0) is 16.0 Å². The Balaban J connectivity index is 1.96. The van der Waals surface area contributed by atoms with E-state index < -0.39 is 0 Å². The van der Waals surface area contributed by atoms with Crippen LogP contribution in [0.3, 0.4) is 0 Å². The monoisotopic (exact) mass is 357 g/mol. The molecular weight excluding hydrogens is 330 g/mol. The standard InChI is InChI=1S/C21H27NO4/c1-15-5-6-17(16(2)13-15)7-10-21(23)22-18-8-9-19(25-4)20(14-18)26-12-11-24-3/h5-6,8-9,13-14H,7,10-12H2,1-4H3,(H,22,23). The predicted molar refractivity (Wildman–Crippen MR) is 103 cm³/mol. The van der Waals surface area contributed by atoms with E-state index in [9.17, 15) is 4.79 Å². The molecule has 0 aliphatic heterocycles. The molecule has 26 heavy (non-hydrogen) atoms. The molecule has 0 saturated carbocycles. The second-order valence-corrected chi connectivity index (χ2v) is 6.19. The highest BCUT2D eigenvalue weighted by molar-refractivity contribution is 5.91. The molecule has 0 aromatic heterocycles. The van der Waals surface area contributed by atoms with Crippen LogP contribution in [0.1, 0.15) is 23.1 Å². The number of ether oxygens (including phenoxy) is 3. The van der Waals surface area contributed by atoms with Crippen molar-refractivity contribution in [1.82, 2.24) is 0 Å². The van der Waals surface area contributed by atoms with E-state index in [0.29, 0.717) is 43.2 Å². The van der Waals surface area contributed by atoms with E-state index in [1.165, 1.54) is 16.7 Å². The van der Waals surface area contributed by atoms with E-state index >= 15 is 0 Å². The Hall–Kier alpha value is -2.53. The highest BCUT2D eigenvalue weighted by atomic mass is 16.5. The topological polar surface area (TPSA) is 56.8 Å². The summed E-state index contributed by atoms with van der Waals surface area (Å²) >= 11 is 0. The van der Waals surface area contributed by atoms with Gasteiger partial charge in [-0.05, 0) is 43.5 Å². The maximum atomic E-state index is 12.3. The number of anilines is 1. The SMILES string of the molecule is COCCOc1cc(NC(=O)CCc2ccc(C)cc2C)ccc1OC. The Morgan fingerprint density at radius 3 is 2.50 bits per heavy atom. The van der Waals surface area contributed by atoms with E-state index in [4.69, 9.17) is 14.2 Å². The third kappa shape index (κ3) is 5.77. The summed E-state index contributed by atoms with van der Waals surface area (Å²) in [6, 6.07) is 11.7. The molecule has 0 atom stereocenters. The van der Waals surface area contributed by atoms with Crippen molar-refractivity contribution in [2.24, 2.45) is 0 Å². The number of carbonyl (C=O) groups is 1. The highest BCUT2D eigenvalue weighted by Gasteiger charge is 2.09. The normalized spacial score (nSPS) is 10.5. The molecule has 0 heterocycles. The first-order valence-corrected chi connectivity index (χ1v) is 8.69. The molecule has 0 fully saturated rings. The minimum atomic E-state index is -0.0296. The van der Waals surface area contributed by atoms with Gasteiger partial charge in [-0.25, -0.2) is 0 Å². The largest absolute Gasteiger partial charge is 0.493 e. The average molecular weight is 357 g/mol. The third-order valence-corrected chi connectivity index (χ3v) is 4.11. The lowest BCUT2D eigenvalue weighted by atomic mass is 10.0. The number of benzene rings is 2. The summed E-state index contributed by atoms with van der Waals surface area (Å²) in [7, 11) is 3.20. The quantitative estimate of drug-likeness (QED) is 0.692. The van der Waals surface area contributed by atoms with Gasteiger partial charge in [0.25, 0.3) is 0 Å². The summed E-state index contributed by atoms with van der Waals surface area (Å²) in [6.07, 6.45) is 1.14. The number of nitrogens with one attached hydrogen (secondary N) is 1. The van der Waals surface area contributed by atoms with Gasteiger partial charge in [-0.15, -0.1) is 0 Å². The van der Waals surface area contributed by atoms with Crippen LogP contribution in [0.4, 0.5) is 5.69 Å². The molecule has 1 N–H and O–H groups in total. The summed E-state index contributed by atoms with van der Waals surface area (Å²) in [6.45, 7) is 5.04. The molecule has 2 aromatic rings. The molecule has 140 valence electrons. The summed E-state index contributed by atoms with van der Waals surface area (Å²) in [5.41, 5.74) is 4.33. The molecule has 0 spiro atoms. The van der Waals surface area contributed by atoms with Crippen LogP contribution >= 0.6 is 0 Å². The van der Waals surface area contributed by atoms with Crippen LogP contribution in [0.25, 0.3) is 0 Å². The Labute approximate surface area is 155 Å². The number of carbonyl (C=O) groups excluding carboxylic acids is 1. The number of aryl methyl sites for hydroxylation is 3. The Morgan fingerprint density at radius 1 is 1.00 bits per heavy atom. The van der Waals surface area contributed by atoms with Gasteiger partial charge in [0.05, 0.1) is 13.7 Å². The molecule has 0 aliphatic carbocycles. The molecule has 0 aliphatic rings. The second-order valence-electron chi connectivity index (χ2n) is 6.19. The van der Waals surface area contributed by atoms with Crippen LogP contribution in [-0.4, -0.2) is 33.3 Å². The van der Waals surface area contributed by atoms with Gasteiger partial charge in [-0.3, -0.25) is 4.79 Å². The zero-order valence-corrected chi connectivity index (χ0v) is 15.9. The lowest BCUT2D eigenvalue weighted by Crippen LogP contribution is -2.13. The van der Waals surface area contributed by atoms with Crippen molar-refractivity contribution >= 4 is 11.6 Å². The molecule has 1 amide bonds. The number of methoxy groups -OCH3 is 2. The second kappa shape index (κ2) is 9.82. The Morgan fingerprint density at radius 2 is 1.81 bits per heavy atom. The minimum Gasteiger partial charge on any atom is -0.493 e. The van der Waals surface area contributed by atoms with Crippen molar-refractivity contribution in [1.29, 1.82) is 0 Å². The van der Waals surface area contributed by atoms with E-state index in [0.717, 1.165) is 0 Å². The van der Waals surface area contributed by atoms with Crippen LogP contribution in [0.2, 0.25) is 0 Å². The first kappa shape index (κ1) is 19.8. The van der Waals surface area contributed by atoms with Crippen molar-refractivity contribution in [3.63, 3.8) is 0 Å². The molecule has 0 bridgehead atoms. The number of hydrogen-bond acceptors (Lipinski definition) is 4. The van der Waals surface area contributed by atoms with E-state index in [-0.39, 0.29) is 5.91 Å². The zero-order chi connectivity index (χ0) is 18.9. The minimum absolute atomic E-state index is 0.0296. The molecular formula is C21H27NO4. The fourth-order valence-corrected chi connectivity index (χ4v) is 2.70. The van der Waals surface area contributed by atoms with Gasteiger partial charge in [-0.1, -0.05) is 23.8 Å². The van der Waals surface area contributed by atoms with Gasteiger partial charge < -0.3 is 19.5 Å². The van der Waals surface area contributed by atoms with Gasteiger partial charge >= 0.3 is 0 Å². The van der Waals surface area contributed by atoms with Crippen LogP contribution in [0.5, 0.6) is 11.5 Å². The highest BCUT2D eigenvalue weighted by Crippen LogP contribution is 2.30. The molecule has 2 aromatic carbocycles. The molecule has 0 radical (unpaired) electrons. The van der Waals surface area contributed by atoms with Crippen molar-refractivity contribution in [3.8, 4) is 11.5 Å². The van der Waals surface area contributed by atoms with Crippen molar-refractivity contribution < 1.29 is 19.0 Å². The first-order valence-electron chi connectivity index (χ1n) is 8.69. The average Bonchev–Trinajstić information content (AvgIpc) is 2.61. The van der Waals surface area contributed by atoms with E-state index in [2.05, 4.69) is 37.4 Å². The lowest BCUT2D eigenvalue weighted by Gasteiger charge is -2.13. The predicted octanol–water partition coefficient (Wildman–Crippen LogP) is 3.91. The van der Waals surface area contributed by atoms with E-state index in [1.807, 2.05) is 0 Å². The van der Waals surface area contributed by atoms with E-state index in [1.54, 1.807) is 32.4 Å². The molecule has 2 rings (SSSR count). The van der Waals surface area contributed by atoms with Crippen molar-refractivity contribution in [2.45, 2.75) is 26.7 Å². The number of hydrogen-bond donors (Lipinski definition) is 1. The summed E-state index contributed by atoms with van der Waals surface area (Å²) in [5, 5.41) is 2.92. The van der Waals surface area contributed by atoms with Crippen LogP contribution < -0.4 is 14.8 Å². The third-order valence-electron chi connectivity index (χ3n) is 4.11. The molecule has 5 heteroatoms. The molecule has 0 unspecified atom stereocenters. The van der Waals surface area contributed by atoms with Crippen molar-refractivity contribution in [2.75, 3.05) is 32.8 Å². The van der Waals surface area contributed by atoms with Gasteiger partial charge in [0.1, 0.15) is 6.61 Å². The van der Waals surface area contributed by atoms with Gasteiger partial charge in [-0.2, -0.15) is 0 Å². The Bertz CT molecular complexity index is 743. The Kier molecular flexibility index (Phi) is 7.48. The summed E-state index contributed by atoms with van der Waals surface area (Å²) in [4.78, 5) is 12.3. The van der Waals surface area contributed by atoms with Gasteiger partial charge in [0.2, 0.25) is 5.91 Å². The maximum Gasteiger partial charge on any atom is 0.224 e. The van der Waals surface area contributed by atoms with Crippen molar-refractivity contribution in [3.05, 3.63) is 53.1 Å². The maximum absolute atomic E-state index is 12.3. The fourth-order valence-electron chi connectivity index (χ4n) is 2.70. The van der Waals surface area contributed by atoms with Gasteiger partial charge in [0.15, 0.2) is 11.5 Å². The van der Waals surface area contributed by atoms with Crippen LogP contribution in [0, 0.1) is 13.8 Å². The smallest absolute Gasteiger partial charge is 0.224 e. The van der Waals surface area contributed by atoms with Crippen LogP contribution in [0.15, 0.2) is 36.4 Å². The lowest BCUT2D eigenvalue weighted by molar-refractivity contribution is -0.116. The number of amides is 1. The summed E-state index contributed by atoms with van der Waals surface area (Å²) in [5.74, 6) is 1.17. The molecule has 5 nitrogen and oxygen atoms in total. The zero-order valence-electron chi connectivity index (χ0n) is 15.9. The molecule has 0 saturated heterocycles. The fraction of sp³-hybridized carbons (Fsp3) is 0.381. The number of rotatable bonds is 9. The van der Waals surface area contributed by atoms with Gasteiger partial charge in [0, 0.05) is 25.3 Å². The first-order chi connectivity index (χ1) is 12.5.